The predicted octanol–water partition coefficient (Wildman–Crippen LogP) is 4.98. The Morgan fingerprint density at radius 2 is 2.00 bits per heavy atom. The number of piperidine rings is 1. The van der Waals surface area contributed by atoms with Crippen molar-refractivity contribution in [2.45, 2.75) is 97.9 Å². The summed E-state index contributed by atoms with van der Waals surface area (Å²) in [5, 5.41) is 6.50. The Balaban J connectivity index is 2.42. The molecule has 2 N–H and O–H groups in total. The van der Waals surface area contributed by atoms with Crippen molar-refractivity contribution in [3.05, 3.63) is 23.8 Å². The van der Waals surface area contributed by atoms with E-state index in [2.05, 4.69) is 49.6 Å². The molecule has 1 saturated heterocycles. The van der Waals surface area contributed by atoms with E-state index in [4.69, 9.17) is 9.47 Å². The molecule has 0 aromatic rings. The van der Waals surface area contributed by atoms with E-state index in [0.29, 0.717) is 12.5 Å². The summed E-state index contributed by atoms with van der Waals surface area (Å²) in [6.07, 6.45) is 10.3. The Morgan fingerprint density at radius 1 is 1.29 bits per heavy atom. The summed E-state index contributed by atoms with van der Waals surface area (Å²) in [7, 11) is 0. The Kier molecular flexibility index (Phi) is 10.8. The van der Waals surface area contributed by atoms with Gasteiger partial charge in [-0.15, -0.1) is 0 Å². The number of alkyl carbamates (subject to hydrolysis) is 1. The van der Waals surface area contributed by atoms with E-state index in [1.54, 1.807) is 0 Å². The largest absolute Gasteiger partial charge is 0.444 e. The van der Waals surface area contributed by atoms with E-state index in [-0.39, 0.29) is 24.3 Å². The molecule has 0 aliphatic carbocycles. The van der Waals surface area contributed by atoms with Gasteiger partial charge in [0.05, 0.1) is 18.8 Å². The van der Waals surface area contributed by atoms with E-state index in [1.807, 2.05) is 27.7 Å². The minimum absolute atomic E-state index is 0.0423. The van der Waals surface area contributed by atoms with Crippen LogP contribution in [-0.4, -0.2) is 43.0 Å². The average molecular weight is 395 g/mol. The van der Waals surface area contributed by atoms with Crippen LogP contribution in [0.5, 0.6) is 0 Å². The van der Waals surface area contributed by atoms with E-state index < -0.39 is 5.60 Å². The third kappa shape index (κ3) is 10.3. The molecule has 1 aliphatic rings. The SMILES string of the molecule is C/C=C\C=C(/C)[C@@H](C)CC[C@@H](C)OC[C@@H]1NCCC[C@@H]1NC(=O)OC(C)(C)C. The topological polar surface area (TPSA) is 59.6 Å². The molecule has 4 atom stereocenters. The monoisotopic (exact) mass is 394 g/mol. The Bertz CT molecular complexity index is 522. The lowest BCUT2D eigenvalue weighted by Gasteiger charge is -2.34. The minimum Gasteiger partial charge on any atom is -0.444 e. The maximum Gasteiger partial charge on any atom is 0.407 e. The quantitative estimate of drug-likeness (QED) is 0.542. The maximum absolute atomic E-state index is 12.1. The van der Waals surface area contributed by atoms with Crippen LogP contribution in [-0.2, 0) is 9.47 Å². The molecule has 0 spiro atoms. The first-order valence-corrected chi connectivity index (χ1v) is 10.8. The number of rotatable bonds is 9. The fourth-order valence-electron chi connectivity index (χ4n) is 3.24. The molecule has 1 heterocycles. The zero-order valence-corrected chi connectivity index (χ0v) is 19.0. The molecule has 1 amide bonds. The molecule has 0 bridgehead atoms. The summed E-state index contributed by atoms with van der Waals surface area (Å²) in [6, 6.07) is 0.165. The summed E-state index contributed by atoms with van der Waals surface area (Å²) < 4.78 is 11.5. The van der Waals surface area contributed by atoms with Crippen LogP contribution >= 0.6 is 0 Å². The number of carbonyl (C=O) groups is 1. The van der Waals surface area contributed by atoms with Crippen LogP contribution in [0.2, 0.25) is 0 Å². The van der Waals surface area contributed by atoms with Crippen molar-refractivity contribution in [2.24, 2.45) is 5.92 Å². The van der Waals surface area contributed by atoms with Gasteiger partial charge in [-0.2, -0.15) is 0 Å². The number of allylic oxidation sites excluding steroid dienone is 4. The predicted molar refractivity (Wildman–Crippen MR) is 117 cm³/mol. The van der Waals surface area contributed by atoms with Crippen molar-refractivity contribution in [3.63, 3.8) is 0 Å². The highest BCUT2D eigenvalue weighted by Gasteiger charge is 2.28. The van der Waals surface area contributed by atoms with E-state index in [9.17, 15) is 4.79 Å². The highest BCUT2D eigenvalue weighted by Crippen LogP contribution is 2.19. The molecule has 1 aliphatic heterocycles. The molecule has 162 valence electrons. The first-order chi connectivity index (χ1) is 13.1. The number of hydrogen-bond donors (Lipinski definition) is 2. The minimum atomic E-state index is -0.483. The molecule has 0 saturated carbocycles. The molecule has 28 heavy (non-hydrogen) atoms. The van der Waals surface area contributed by atoms with Crippen molar-refractivity contribution in [1.29, 1.82) is 0 Å². The number of amides is 1. The highest BCUT2D eigenvalue weighted by molar-refractivity contribution is 5.68. The first-order valence-electron chi connectivity index (χ1n) is 10.8. The van der Waals surface area contributed by atoms with Gasteiger partial charge in [-0.3, -0.25) is 0 Å². The summed E-state index contributed by atoms with van der Waals surface area (Å²) in [6.45, 7) is 15.8. The number of ether oxygens (including phenoxy) is 2. The zero-order valence-electron chi connectivity index (χ0n) is 19.0. The van der Waals surface area contributed by atoms with Crippen molar-refractivity contribution >= 4 is 6.09 Å². The molecule has 0 unspecified atom stereocenters. The Labute approximate surface area is 172 Å². The van der Waals surface area contributed by atoms with Gasteiger partial charge in [0.2, 0.25) is 0 Å². The zero-order chi connectivity index (χ0) is 21.2. The van der Waals surface area contributed by atoms with Gasteiger partial charge < -0.3 is 20.1 Å². The molecule has 0 aromatic heterocycles. The van der Waals surface area contributed by atoms with Gasteiger partial charge >= 0.3 is 6.09 Å². The Morgan fingerprint density at radius 3 is 2.64 bits per heavy atom. The van der Waals surface area contributed by atoms with Crippen LogP contribution in [0.1, 0.15) is 74.1 Å². The smallest absolute Gasteiger partial charge is 0.407 e. The average Bonchev–Trinajstić information content (AvgIpc) is 2.61. The van der Waals surface area contributed by atoms with Gasteiger partial charge in [0.1, 0.15) is 5.60 Å². The van der Waals surface area contributed by atoms with Gasteiger partial charge in [0, 0.05) is 6.04 Å². The van der Waals surface area contributed by atoms with Crippen LogP contribution in [0.25, 0.3) is 0 Å². The van der Waals surface area contributed by atoms with Crippen molar-refractivity contribution < 1.29 is 14.3 Å². The summed E-state index contributed by atoms with van der Waals surface area (Å²) in [5.74, 6) is 0.552. The second-order valence-corrected chi connectivity index (χ2v) is 9.01. The summed E-state index contributed by atoms with van der Waals surface area (Å²) in [5.41, 5.74) is 0.920. The van der Waals surface area contributed by atoms with Gasteiger partial charge in [0.15, 0.2) is 0 Å². The van der Waals surface area contributed by atoms with E-state index in [0.717, 1.165) is 32.2 Å². The van der Waals surface area contributed by atoms with Gasteiger partial charge in [-0.25, -0.2) is 4.79 Å². The fourth-order valence-corrected chi connectivity index (χ4v) is 3.24. The van der Waals surface area contributed by atoms with Gasteiger partial charge in [0.25, 0.3) is 0 Å². The van der Waals surface area contributed by atoms with Crippen LogP contribution in [0.3, 0.4) is 0 Å². The normalized spacial score (nSPS) is 23.5. The number of carbonyl (C=O) groups excluding carboxylic acids is 1. The van der Waals surface area contributed by atoms with Crippen LogP contribution < -0.4 is 10.6 Å². The van der Waals surface area contributed by atoms with Crippen molar-refractivity contribution in [2.75, 3.05) is 13.2 Å². The van der Waals surface area contributed by atoms with Gasteiger partial charge in [-0.1, -0.05) is 30.7 Å². The van der Waals surface area contributed by atoms with Crippen LogP contribution in [0.15, 0.2) is 23.8 Å². The molecular weight excluding hydrogens is 352 g/mol. The molecule has 0 radical (unpaired) electrons. The van der Waals surface area contributed by atoms with Crippen LogP contribution in [0, 0.1) is 5.92 Å². The molecule has 1 rings (SSSR count). The lowest BCUT2D eigenvalue weighted by Crippen LogP contribution is -2.56. The number of nitrogens with one attached hydrogen (secondary N) is 2. The highest BCUT2D eigenvalue weighted by atomic mass is 16.6. The molecular formula is C23H42N2O3. The maximum atomic E-state index is 12.1. The van der Waals surface area contributed by atoms with E-state index in [1.165, 1.54) is 5.57 Å². The lowest BCUT2D eigenvalue weighted by molar-refractivity contribution is 0.0238. The molecule has 0 aromatic carbocycles. The number of hydrogen-bond acceptors (Lipinski definition) is 4. The second kappa shape index (κ2) is 12.3. The third-order valence-electron chi connectivity index (χ3n) is 5.18. The Hall–Kier alpha value is -1.33. The summed E-state index contributed by atoms with van der Waals surface area (Å²) in [4.78, 5) is 12.1. The van der Waals surface area contributed by atoms with Crippen LogP contribution in [0.4, 0.5) is 4.79 Å². The van der Waals surface area contributed by atoms with Crippen molar-refractivity contribution in [3.8, 4) is 0 Å². The standard InChI is InChI=1S/C23H42N2O3/c1-8-9-11-17(2)18(3)13-14-19(4)27-16-21-20(12-10-15-24-21)25-22(26)28-23(5,6)7/h8-9,11,18-21,24H,10,12-16H2,1-7H3,(H,25,26)/b9-8-,17-11+/t18-,19+,20-,21-/m0/s1. The van der Waals surface area contributed by atoms with Crippen molar-refractivity contribution in [1.82, 2.24) is 10.6 Å². The molecule has 5 nitrogen and oxygen atoms in total. The summed E-state index contributed by atoms with van der Waals surface area (Å²) >= 11 is 0. The van der Waals surface area contributed by atoms with Gasteiger partial charge in [-0.05, 0) is 79.7 Å². The molecule has 1 fully saturated rings. The molecule has 5 heteroatoms. The lowest BCUT2D eigenvalue weighted by atomic mass is 9.95. The second-order valence-electron chi connectivity index (χ2n) is 9.01. The fraction of sp³-hybridized carbons (Fsp3) is 0.783. The van der Waals surface area contributed by atoms with E-state index >= 15 is 0 Å². The third-order valence-corrected chi connectivity index (χ3v) is 5.18. The first kappa shape index (κ1) is 24.7.